The second-order valence-electron chi connectivity index (χ2n) is 3.91. The van der Waals surface area contributed by atoms with E-state index in [0.29, 0.717) is 17.3 Å². The van der Waals surface area contributed by atoms with Crippen LogP contribution < -0.4 is 0 Å². The molecule has 5 heteroatoms. The van der Waals surface area contributed by atoms with Gasteiger partial charge in [0, 0.05) is 16.2 Å². The third kappa shape index (κ3) is 2.37. The number of rotatable bonds is 2. The first-order chi connectivity index (χ1) is 9.24. The van der Waals surface area contributed by atoms with Crippen molar-refractivity contribution in [1.29, 1.82) is 0 Å². The first-order valence-electron chi connectivity index (χ1n) is 5.60. The third-order valence-corrected chi connectivity index (χ3v) is 3.15. The second-order valence-corrected chi connectivity index (χ2v) is 4.82. The molecule has 0 amide bonds. The summed E-state index contributed by atoms with van der Waals surface area (Å²) >= 11 is 3.38. The summed E-state index contributed by atoms with van der Waals surface area (Å²) in [5.74, 6) is 0.982. The van der Waals surface area contributed by atoms with E-state index in [-0.39, 0.29) is 5.75 Å². The van der Waals surface area contributed by atoms with E-state index in [1.54, 1.807) is 24.5 Å². The van der Waals surface area contributed by atoms with Crippen LogP contribution in [0.5, 0.6) is 5.75 Å². The molecule has 2 aromatic heterocycles. The molecule has 0 aliphatic carbocycles. The Balaban J connectivity index is 2.00. The van der Waals surface area contributed by atoms with E-state index < -0.39 is 0 Å². The van der Waals surface area contributed by atoms with Gasteiger partial charge < -0.3 is 9.52 Å². The summed E-state index contributed by atoms with van der Waals surface area (Å²) in [6.07, 6.45) is 3.20. The van der Waals surface area contributed by atoms with E-state index in [9.17, 15) is 5.11 Å². The fourth-order valence-electron chi connectivity index (χ4n) is 1.69. The van der Waals surface area contributed by atoms with Crippen molar-refractivity contribution >= 4 is 15.9 Å². The van der Waals surface area contributed by atoms with Gasteiger partial charge in [-0.05, 0) is 24.3 Å². The number of aromatic hydroxyl groups is 1. The molecule has 0 atom stereocenters. The first kappa shape index (κ1) is 11.9. The molecule has 0 radical (unpaired) electrons. The minimum atomic E-state index is 0.0479. The van der Waals surface area contributed by atoms with Gasteiger partial charge in [-0.25, -0.2) is 9.97 Å². The zero-order chi connectivity index (χ0) is 13.2. The molecule has 0 spiro atoms. The van der Waals surface area contributed by atoms with Crippen molar-refractivity contribution in [3.8, 4) is 28.7 Å². The van der Waals surface area contributed by atoms with Crippen molar-refractivity contribution in [3.05, 3.63) is 53.3 Å². The number of benzene rings is 1. The van der Waals surface area contributed by atoms with Gasteiger partial charge >= 0.3 is 0 Å². The Labute approximate surface area is 117 Å². The summed E-state index contributed by atoms with van der Waals surface area (Å²) in [5.41, 5.74) is 1.25. The minimum absolute atomic E-state index is 0.0479. The van der Waals surface area contributed by atoms with E-state index in [1.807, 2.05) is 24.3 Å². The Morgan fingerprint density at radius 3 is 2.58 bits per heavy atom. The molecule has 1 N–H and O–H groups in total. The summed E-state index contributed by atoms with van der Waals surface area (Å²) < 4.78 is 6.63. The van der Waals surface area contributed by atoms with Crippen molar-refractivity contribution in [2.75, 3.05) is 0 Å². The molecule has 2 heterocycles. The largest absolute Gasteiger partial charge is 0.505 e. The summed E-state index contributed by atoms with van der Waals surface area (Å²) in [4.78, 5) is 8.20. The molecule has 0 unspecified atom stereocenters. The molecule has 94 valence electrons. The molecule has 0 saturated carbocycles. The molecule has 4 nitrogen and oxygen atoms in total. The SMILES string of the molecule is Oc1cccnc1-c1ncc(-c2ccc(Br)cc2)o1. The zero-order valence-electron chi connectivity index (χ0n) is 9.75. The number of nitrogens with zero attached hydrogens (tertiary/aromatic N) is 2. The number of aromatic nitrogens is 2. The summed E-state index contributed by atoms with van der Waals surface area (Å²) in [7, 11) is 0. The van der Waals surface area contributed by atoms with E-state index >= 15 is 0 Å². The van der Waals surface area contributed by atoms with Crippen molar-refractivity contribution in [2.24, 2.45) is 0 Å². The molecule has 0 fully saturated rings. The normalized spacial score (nSPS) is 10.6. The van der Waals surface area contributed by atoms with Gasteiger partial charge in [0.2, 0.25) is 5.89 Å². The number of halogens is 1. The maximum absolute atomic E-state index is 9.71. The Morgan fingerprint density at radius 2 is 1.84 bits per heavy atom. The zero-order valence-corrected chi connectivity index (χ0v) is 11.3. The van der Waals surface area contributed by atoms with Crippen LogP contribution in [0.15, 0.2) is 57.7 Å². The van der Waals surface area contributed by atoms with Gasteiger partial charge in [-0.2, -0.15) is 0 Å². The van der Waals surface area contributed by atoms with E-state index in [0.717, 1.165) is 10.0 Å². The second kappa shape index (κ2) is 4.85. The van der Waals surface area contributed by atoms with Gasteiger partial charge in [0.25, 0.3) is 0 Å². The maximum Gasteiger partial charge on any atom is 0.249 e. The molecule has 19 heavy (non-hydrogen) atoms. The van der Waals surface area contributed by atoms with Crippen LogP contribution in [0.4, 0.5) is 0 Å². The fraction of sp³-hybridized carbons (Fsp3) is 0. The van der Waals surface area contributed by atoms with Crippen LogP contribution in [-0.4, -0.2) is 15.1 Å². The standard InChI is InChI=1S/C14H9BrN2O2/c15-10-5-3-9(4-6-10)12-8-17-14(19-12)13-11(18)2-1-7-16-13/h1-8,18H. The van der Waals surface area contributed by atoms with Gasteiger partial charge in [0.05, 0.1) is 6.20 Å². The Morgan fingerprint density at radius 1 is 1.05 bits per heavy atom. The van der Waals surface area contributed by atoms with Crippen LogP contribution in [0.25, 0.3) is 22.9 Å². The molecular formula is C14H9BrN2O2. The average Bonchev–Trinajstić information content (AvgIpc) is 2.89. The van der Waals surface area contributed by atoms with Gasteiger partial charge in [0.1, 0.15) is 5.75 Å². The molecule has 0 bridgehead atoms. The lowest BCUT2D eigenvalue weighted by atomic mass is 10.2. The third-order valence-electron chi connectivity index (χ3n) is 2.62. The first-order valence-corrected chi connectivity index (χ1v) is 6.39. The van der Waals surface area contributed by atoms with E-state index in [2.05, 4.69) is 25.9 Å². The molecule has 1 aromatic carbocycles. The predicted molar refractivity (Wildman–Crippen MR) is 74.5 cm³/mol. The predicted octanol–water partition coefficient (Wildman–Crippen LogP) is 3.87. The van der Waals surface area contributed by atoms with Crippen molar-refractivity contribution in [1.82, 2.24) is 9.97 Å². The Hall–Kier alpha value is -2.14. The van der Waals surface area contributed by atoms with Crippen LogP contribution in [0.2, 0.25) is 0 Å². The smallest absolute Gasteiger partial charge is 0.249 e. The quantitative estimate of drug-likeness (QED) is 0.779. The van der Waals surface area contributed by atoms with E-state index in [1.165, 1.54) is 0 Å². The molecule has 3 rings (SSSR count). The number of hydrogen-bond donors (Lipinski definition) is 1. The molecular weight excluding hydrogens is 308 g/mol. The fourth-order valence-corrected chi connectivity index (χ4v) is 1.96. The monoisotopic (exact) mass is 316 g/mol. The molecule has 0 aliphatic rings. The topological polar surface area (TPSA) is 59.2 Å². The molecule has 0 aliphatic heterocycles. The summed E-state index contributed by atoms with van der Waals surface area (Å²) in [5, 5.41) is 9.71. The van der Waals surface area contributed by atoms with Crippen LogP contribution >= 0.6 is 15.9 Å². The number of hydrogen-bond acceptors (Lipinski definition) is 4. The summed E-state index contributed by atoms with van der Waals surface area (Å²) in [6.45, 7) is 0. The van der Waals surface area contributed by atoms with Crippen molar-refractivity contribution in [2.45, 2.75) is 0 Å². The lowest BCUT2D eigenvalue weighted by molar-refractivity contribution is 0.470. The van der Waals surface area contributed by atoms with E-state index in [4.69, 9.17) is 4.42 Å². The lowest BCUT2D eigenvalue weighted by Gasteiger charge is -1.98. The molecule has 3 aromatic rings. The average molecular weight is 317 g/mol. The minimum Gasteiger partial charge on any atom is -0.505 e. The van der Waals surface area contributed by atoms with Gasteiger partial charge in [-0.3, -0.25) is 0 Å². The van der Waals surface area contributed by atoms with Crippen LogP contribution in [0.3, 0.4) is 0 Å². The highest BCUT2D eigenvalue weighted by Crippen LogP contribution is 2.29. The Kier molecular flexibility index (Phi) is 3.05. The maximum atomic E-state index is 9.71. The number of oxazole rings is 1. The number of pyridine rings is 1. The van der Waals surface area contributed by atoms with Crippen molar-refractivity contribution < 1.29 is 9.52 Å². The van der Waals surface area contributed by atoms with Gasteiger partial charge in [0.15, 0.2) is 11.5 Å². The van der Waals surface area contributed by atoms with Crippen molar-refractivity contribution in [3.63, 3.8) is 0 Å². The highest BCUT2D eigenvalue weighted by atomic mass is 79.9. The van der Waals surface area contributed by atoms with Gasteiger partial charge in [-0.1, -0.05) is 28.1 Å². The van der Waals surface area contributed by atoms with Gasteiger partial charge in [-0.15, -0.1) is 0 Å². The van der Waals surface area contributed by atoms with Crippen LogP contribution in [0, 0.1) is 0 Å². The van der Waals surface area contributed by atoms with Crippen LogP contribution in [0.1, 0.15) is 0 Å². The highest BCUT2D eigenvalue weighted by molar-refractivity contribution is 9.10. The lowest BCUT2D eigenvalue weighted by Crippen LogP contribution is -1.82. The highest BCUT2D eigenvalue weighted by Gasteiger charge is 2.12. The van der Waals surface area contributed by atoms with Crippen LogP contribution in [-0.2, 0) is 0 Å². The Bertz CT molecular complexity index is 707. The molecule has 0 saturated heterocycles. The summed E-state index contributed by atoms with van der Waals surface area (Å²) in [6, 6.07) is 10.9.